The Morgan fingerprint density at radius 3 is 2.29 bits per heavy atom. The second-order valence-electron chi connectivity index (χ2n) is 5.42. The van der Waals surface area contributed by atoms with E-state index in [0.29, 0.717) is 5.41 Å². The zero-order valence-electron chi connectivity index (χ0n) is 11.1. The van der Waals surface area contributed by atoms with Gasteiger partial charge in [-0.15, -0.1) is 0 Å². The van der Waals surface area contributed by atoms with Crippen LogP contribution in [-0.4, -0.2) is 7.11 Å². The summed E-state index contributed by atoms with van der Waals surface area (Å²) < 4.78 is 5.42. The highest BCUT2D eigenvalue weighted by atomic mass is 16.5. The standard InChI is InChI=1S/C15H23NO/c1-4-14(5-2)10-15(16,11-14)12-8-6-7-9-13(12)17-3/h6-9H,4-5,10-11,16H2,1-3H3. The largest absolute Gasteiger partial charge is 0.496 e. The molecule has 1 fully saturated rings. The normalized spacial score (nSPS) is 20.7. The SMILES string of the molecule is CCC1(CC)CC(N)(c2ccccc2OC)C1. The van der Waals surface area contributed by atoms with Gasteiger partial charge in [-0.2, -0.15) is 0 Å². The Hall–Kier alpha value is -1.02. The van der Waals surface area contributed by atoms with Gasteiger partial charge in [-0.05, 0) is 24.3 Å². The summed E-state index contributed by atoms with van der Waals surface area (Å²) in [6.07, 6.45) is 4.59. The van der Waals surface area contributed by atoms with Gasteiger partial charge in [0.2, 0.25) is 0 Å². The third kappa shape index (κ3) is 1.95. The smallest absolute Gasteiger partial charge is 0.123 e. The number of methoxy groups -OCH3 is 1. The van der Waals surface area contributed by atoms with Crippen molar-refractivity contribution >= 4 is 0 Å². The van der Waals surface area contributed by atoms with Gasteiger partial charge in [-0.3, -0.25) is 0 Å². The number of ether oxygens (including phenoxy) is 1. The zero-order chi connectivity index (χ0) is 12.5. The van der Waals surface area contributed by atoms with Gasteiger partial charge in [-0.25, -0.2) is 0 Å². The topological polar surface area (TPSA) is 35.2 Å². The van der Waals surface area contributed by atoms with Crippen LogP contribution in [0.2, 0.25) is 0 Å². The molecule has 0 bridgehead atoms. The predicted octanol–water partition coefficient (Wildman–Crippen LogP) is 3.45. The summed E-state index contributed by atoms with van der Waals surface area (Å²) >= 11 is 0. The van der Waals surface area contributed by atoms with E-state index in [9.17, 15) is 0 Å². The third-order valence-corrected chi connectivity index (χ3v) is 4.52. The van der Waals surface area contributed by atoms with Crippen molar-refractivity contribution in [2.45, 2.75) is 45.1 Å². The van der Waals surface area contributed by atoms with Crippen molar-refractivity contribution in [1.29, 1.82) is 0 Å². The lowest BCUT2D eigenvalue weighted by molar-refractivity contribution is 0.0153. The Morgan fingerprint density at radius 1 is 1.18 bits per heavy atom. The van der Waals surface area contributed by atoms with Crippen molar-refractivity contribution in [3.63, 3.8) is 0 Å². The molecule has 1 saturated carbocycles. The molecule has 94 valence electrons. The molecule has 0 spiro atoms. The molecule has 0 aromatic heterocycles. The molecule has 0 radical (unpaired) electrons. The van der Waals surface area contributed by atoms with Gasteiger partial charge >= 0.3 is 0 Å². The summed E-state index contributed by atoms with van der Waals surface area (Å²) in [5.74, 6) is 0.927. The van der Waals surface area contributed by atoms with Gasteiger partial charge < -0.3 is 10.5 Å². The maximum Gasteiger partial charge on any atom is 0.123 e. The van der Waals surface area contributed by atoms with E-state index in [2.05, 4.69) is 19.9 Å². The van der Waals surface area contributed by atoms with Crippen molar-refractivity contribution in [2.24, 2.45) is 11.1 Å². The van der Waals surface area contributed by atoms with E-state index < -0.39 is 0 Å². The molecule has 0 saturated heterocycles. The van der Waals surface area contributed by atoms with E-state index in [1.165, 1.54) is 18.4 Å². The number of para-hydroxylation sites is 1. The van der Waals surface area contributed by atoms with Crippen LogP contribution in [0.1, 0.15) is 45.1 Å². The minimum absolute atomic E-state index is 0.182. The van der Waals surface area contributed by atoms with E-state index in [1.54, 1.807) is 7.11 Å². The molecule has 0 atom stereocenters. The molecule has 1 aliphatic rings. The summed E-state index contributed by atoms with van der Waals surface area (Å²) in [5, 5.41) is 0. The van der Waals surface area contributed by atoms with Gasteiger partial charge in [0.25, 0.3) is 0 Å². The fourth-order valence-corrected chi connectivity index (χ4v) is 3.28. The first kappa shape index (κ1) is 12.4. The molecule has 2 heteroatoms. The first-order valence-electron chi connectivity index (χ1n) is 6.51. The number of nitrogens with two attached hydrogens (primary N) is 1. The van der Waals surface area contributed by atoms with E-state index in [0.717, 1.165) is 18.6 Å². The number of hydrogen-bond donors (Lipinski definition) is 1. The van der Waals surface area contributed by atoms with Crippen molar-refractivity contribution in [1.82, 2.24) is 0 Å². The molecule has 1 aliphatic carbocycles. The van der Waals surface area contributed by atoms with Crippen LogP contribution in [-0.2, 0) is 5.54 Å². The Bertz CT molecular complexity index is 388. The highest BCUT2D eigenvalue weighted by Gasteiger charge is 2.51. The molecule has 0 amide bonds. The van der Waals surface area contributed by atoms with Gasteiger partial charge in [0, 0.05) is 11.1 Å². The third-order valence-electron chi connectivity index (χ3n) is 4.52. The lowest BCUT2D eigenvalue weighted by atomic mass is 9.53. The first-order valence-corrected chi connectivity index (χ1v) is 6.51. The zero-order valence-corrected chi connectivity index (χ0v) is 11.1. The minimum atomic E-state index is -0.182. The Morgan fingerprint density at radius 2 is 1.76 bits per heavy atom. The molecular formula is C15H23NO. The Balaban J connectivity index is 2.25. The number of hydrogen-bond acceptors (Lipinski definition) is 2. The van der Waals surface area contributed by atoms with Crippen LogP contribution in [0, 0.1) is 5.41 Å². The molecule has 0 aliphatic heterocycles. The first-order chi connectivity index (χ1) is 8.09. The molecule has 2 N–H and O–H groups in total. The average molecular weight is 233 g/mol. The molecular weight excluding hydrogens is 210 g/mol. The van der Waals surface area contributed by atoms with Crippen molar-refractivity contribution in [3.05, 3.63) is 29.8 Å². The fraction of sp³-hybridized carbons (Fsp3) is 0.600. The quantitative estimate of drug-likeness (QED) is 0.864. The van der Waals surface area contributed by atoms with Crippen LogP contribution in [0.3, 0.4) is 0 Å². The van der Waals surface area contributed by atoms with E-state index in [1.807, 2.05) is 18.2 Å². The predicted molar refractivity (Wildman–Crippen MR) is 71.1 cm³/mol. The molecule has 1 aromatic carbocycles. The molecule has 2 rings (SSSR count). The minimum Gasteiger partial charge on any atom is -0.496 e. The van der Waals surface area contributed by atoms with Crippen molar-refractivity contribution in [2.75, 3.05) is 7.11 Å². The molecule has 17 heavy (non-hydrogen) atoms. The van der Waals surface area contributed by atoms with Crippen LogP contribution in [0.5, 0.6) is 5.75 Å². The molecule has 0 heterocycles. The fourth-order valence-electron chi connectivity index (χ4n) is 3.28. The monoisotopic (exact) mass is 233 g/mol. The lowest BCUT2D eigenvalue weighted by Crippen LogP contribution is -2.55. The van der Waals surface area contributed by atoms with Crippen LogP contribution in [0.25, 0.3) is 0 Å². The van der Waals surface area contributed by atoms with E-state index in [-0.39, 0.29) is 5.54 Å². The van der Waals surface area contributed by atoms with Gasteiger partial charge in [0.1, 0.15) is 5.75 Å². The van der Waals surface area contributed by atoms with Gasteiger partial charge in [0.15, 0.2) is 0 Å². The lowest BCUT2D eigenvalue weighted by Gasteiger charge is -2.55. The Labute approximate surface area is 104 Å². The summed E-state index contributed by atoms with van der Waals surface area (Å²) in [7, 11) is 1.72. The van der Waals surface area contributed by atoms with Gasteiger partial charge in [0.05, 0.1) is 7.11 Å². The van der Waals surface area contributed by atoms with Crippen molar-refractivity contribution in [3.8, 4) is 5.75 Å². The average Bonchev–Trinajstić information content (AvgIpc) is 2.34. The molecule has 2 nitrogen and oxygen atoms in total. The summed E-state index contributed by atoms with van der Waals surface area (Å²) in [6, 6.07) is 8.15. The maximum absolute atomic E-state index is 6.55. The maximum atomic E-state index is 6.55. The second-order valence-corrected chi connectivity index (χ2v) is 5.42. The van der Waals surface area contributed by atoms with Crippen molar-refractivity contribution < 1.29 is 4.74 Å². The highest BCUT2D eigenvalue weighted by Crippen LogP contribution is 2.57. The van der Waals surface area contributed by atoms with E-state index in [4.69, 9.17) is 10.5 Å². The van der Waals surface area contributed by atoms with Crippen LogP contribution in [0.4, 0.5) is 0 Å². The van der Waals surface area contributed by atoms with Crippen LogP contribution >= 0.6 is 0 Å². The molecule has 1 aromatic rings. The summed E-state index contributed by atoms with van der Waals surface area (Å²) in [5.41, 5.74) is 7.99. The van der Waals surface area contributed by atoms with Crippen LogP contribution < -0.4 is 10.5 Å². The second kappa shape index (κ2) is 4.34. The van der Waals surface area contributed by atoms with E-state index >= 15 is 0 Å². The van der Waals surface area contributed by atoms with Gasteiger partial charge in [-0.1, -0.05) is 44.9 Å². The Kier molecular flexibility index (Phi) is 3.17. The summed E-state index contributed by atoms with van der Waals surface area (Å²) in [6.45, 7) is 4.54. The summed E-state index contributed by atoms with van der Waals surface area (Å²) in [4.78, 5) is 0. The highest BCUT2D eigenvalue weighted by molar-refractivity contribution is 5.41. The van der Waals surface area contributed by atoms with Crippen LogP contribution in [0.15, 0.2) is 24.3 Å². The number of benzene rings is 1. The number of rotatable bonds is 4. The molecule has 0 unspecified atom stereocenters.